The minimum atomic E-state index is -0.412. The molecule has 0 bridgehead atoms. The maximum atomic E-state index is 10.6. The smallest absolute Gasteiger partial charge is 0.169 e. The van der Waals surface area contributed by atoms with Gasteiger partial charge in [-0.05, 0) is 22.7 Å². The van der Waals surface area contributed by atoms with Crippen LogP contribution in [0.3, 0.4) is 0 Å². The second kappa shape index (κ2) is 2.62. The minimum Gasteiger partial charge on any atom is -0.267 e. The molecule has 1 aliphatic rings. The first-order chi connectivity index (χ1) is 3.39. The van der Waals surface area contributed by atoms with Gasteiger partial charge in [0.2, 0.25) is 0 Å². The van der Waals surface area contributed by atoms with E-state index in [0.717, 1.165) is 14.4 Å². The van der Waals surface area contributed by atoms with Gasteiger partial charge in [0.15, 0.2) is 8.67 Å². The van der Waals surface area contributed by atoms with Gasteiger partial charge in [-0.15, -0.1) is 0 Å². The zero-order valence-electron chi connectivity index (χ0n) is 4.14. The van der Waals surface area contributed by atoms with E-state index in [4.69, 9.17) is 0 Å². The first-order valence-electron chi connectivity index (χ1n) is 2.51. The van der Waals surface area contributed by atoms with Crippen molar-refractivity contribution >= 4 is 18.9 Å². The number of hydrogen-bond acceptors (Lipinski definition) is 1. The predicted octanol–water partition coefficient (Wildman–Crippen LogP) is 0.566. The van der Waals surface area contributed by atoms with E-state index in [2.05, 4.69) is 0 Å². The molecule has 1 aliphatic heterocycles. The monoisotopic (exact) mass is 132 g/mol. The molecule has 1 nitrogen and oxygen atoms in total. The molecule has 2 radical (unpaired) electrons. The van der Waals surface area contributed by atoms with Crippen LogP contribution in [-0.4, -0.2) is 18.6 Å². The van der Waals surface area contributed by atoms with Gasteiger partial charge in [0.25, 0.3) is 0 Å². The molecule has 1 saturated heterocycles. The van der Waals surface area contributed by atoms with E-state index in [9.17, 15) is 4.21 Å². The van der Waals surface area contributed by atoms with Gasteiger partial charge >= 0.3 is 0 Å². The fourth-order valence-electron chi connectivity index (χ4n) is 0.616. The van der Waals surface area contributed by atoms with E-state index >= 15 is 0 Å². The Morgan fingerprint density at radius 3 is 2.57 bits per heavy atom. The average Bonchev–Trinajstić information content (AvgIpc) is 1.69. The van der Waals surface area contributed by atoms with Gasteiger partial charge in [0.1, 0.15) is 0 Å². The van der Waals surface area contributed by atoms with Crippen molar-refractivity contribution in [3.05, 3.63) is 0 Å². The van der Waals surface area contributed by atoms with Crippen LogP contribution in [0, 0.1) is 0 Å². The normalized spacial score (nSPS) is 32.9. The molecule has 1 rings (SSSR count). The fourth-order valence-corrected chi connectivity index (χ4v) is 3.83. The minimum absolute atomic E-state index is 0.412. The Bertz CT molecular complexity index is 75.8. The van der Waals surface area contributed by atoms with Crippen LogP contribution >= 0.6 is 0 Å². The molecule has 0 aromatic rings. The Labute approximate surface area is 48.4 Å². The molecule has 7 heavy (non-hydrogen) atoms. The number of hydrogen-bond donors (Lipinski definition) is 0. The van der Waals surface area contributed by atoms with E-state index in [0.29, 0.717) is 0 Å². The van der Waals surface area contributed by atoms with Gasteiger partial charge in [-0.1, -0.05) is 6.42 Å². The van der Waals surface area contributed by atoms with Crippen molar-refractivity contribution in [3.8, 4) is 0 Å². The van der Waals surface area contributed by atoms with E-state index in [1.54, 1.807) is 0 Å². The van der Waals surface area contributed by atoms with E-state index in [1.807, 2.05) is 0 Å². The van der Waals surface area contributed by atoms with Gasteiger partial charge in [0.05, 0.1) is 0 Å². The standard InChI is InChI=1S/C4H8OSSi/c5-6-3-1-2-4-7-6/h1-4H2. The topological polar surface area (TPSA) is 17.1 Å². The highest BCUT2D eigenvalue weighted by Crippen LogP contribution is 2.04. The number of rotatable bonds is 0. The molecule has 1 heterocycles. The van der Waals surface area contributed by atoms with Crippen molar-refractivity contribution in [2.45, 2.75) is 18.9 Å². The third-order valence-electron chi connectivity index (χ3n) is 1.02. The summed E-state index contributed by atoms with van der Waals surface area (Å²) < 4.78 is 10.6. The van der Waals surface area contributed by atoms with Gasteiger partial charge in [-0.2, -0.15) is 0 Å². The van der Waals surface area contributed by atoms with Gasteiger partial charge in [0, 0.05) is 5.75 Å². The van der Waals surface area contributed by atoms with Crippen LogP contribution in [-0.2, 0) is 10.2 Å². The third kappa shape index (κ3) is 1.73. The summed E-state index contributed by atoms with van der Waals surface area (Å²) >= 11 is 0. The molecule has 0 amide bonds. The Balaban J connectivity index is 2.25. The Kier molecular flexibility index (Phi) is 2.06. The lowest BCUT2D eigenvalue weighted by Gasteiger charge is -2.05. The molecular formula is C4H8OSSi. The van der Waals surface area contributed by atoms with Gasteiger partial charge < -0.3 is 0 Å². The molecule has 1 atom stereocenters. The summed E-state index contributed by atoms with van der Waals surface area (Å²) in [5.41, 5.74) is 0. The highest BCUT2D eigenvalue weighted by Gasteiger charge is 2.06. The predicted molar refractivity (Wildman–Crippen MR) is 32.8 cm³/mol. The molecule has 1 fully saturated rings. The first-order valence-corrected chi connectivity index (χ1v) is 5.76. The summed E-state index contributed by atoms with van der Waals surface area (Å²) in [6.45, 7) is 0. The quantitative estimate of drug-likeness (QED) is 0.440. The highest BCUT2D eigenvalue weighted by molar-refractivity contribution is 8.09. The van der Waals surface area contributed by atoms with Gasteiger partial charge in [-0.25, -0.2) is 0 Å². The van der Waals surface area contributed by atoms with Crippen LogP contribution in [0.4, 0.5) is 0 Å². The van der Waals surface area contributed by atoms with Crippen LogP contribution in [0.2, 0.25) is 6.04 Å². The lowest BCUT2D eigenvalue weighted by atomic mass is 10.4. The van der Waals surface area contributed by atoms with Crippen molar-refractivity contribution in [1.29, 1.82) is 0 Å². The molecule has 0 aromatic heterocycles. The summed E-state index contributed by atoms with van der Waals surface area (Å²) in [7, 11) is 0.335. The summed E-state index contributed by atoms with van der Waals surface area (Å²) in [6, 6.07) is 1.21. The summed E-state index contributed by atoms with van der Waals surface area (Å²) in [6.07, 6.45) is 2.50. The van der Waals surface area contributed by atoms with E-state index in [1.165, 1.54) is 18.9 Å². The van der Waals surface area contributed by atoms with Gasteiger partial charge in [-0.3, -0.25) is 4.21 Å². The Morgan fingerprint density at radius 2 is 2.29 bits per heavy atom. The van der Waals surface area contributed by atoms with Crippen molar-refractivity contribution in [1.82, 2.24) is 0 Å². The van der Waals surface area contributed by atoms with Crippen molar-refractivity contribution in [2.24, 2.45) is 0 Å². The van der Waals surface area contributed by atoms with Crippen LogP contribution in [0.15, 0.2) is 0 Å². The largest absolute Gasteiger partial charge is 0.267 e. The third-order valence-corrected chi connectivity index (χ3v) is 4.75. The second-order valence-electron chi connectivity index (χ2n) is 1.65. The molecule has 3 heteroatoms. The zero-order valence-corrected chi connectivity index (χ0v) is 5.96. The van der Waals surface area contributed by atoms with Crippen molar-refractivity contribution in [2.75, 3.05) is 5.75 Å². The molecule has 0 saturated carbocycles. The molecule has 0 aromatic carbocycles. The second-order valence-corrected chi connectivity index (χ2v) is 5.77. The maximum absolute atomic E-state index is 10.6. The van der Waals surface area contributed by atoms with Crippen LogP contribution in [0.25, 0.3) is 0 Å². The molecule has 0 aliphatic carbocycles. The van der Waals surface area contributed by atoms with Crippen LogP contribution < -0.4 is 0 Å². The lowest BCUT2D eigenvalue weighted by Crippen LogP contribution is -2.11. The van der Waals surface area contributed by atoms with Crippen LogP contribution in [0.5, 0.6) is 0 Å². The summed E-state index contributed by atoms with van der Waals surface area (Å²) in [5.74, 6) is 0.971. The molecular weight excluding hydrogens is 124 g/mol. The van der Waals surface area contributed by atoms with Crippen molar-refractivity contribution in [3.63, 3.8) is 0 Å². The maximum Gasteiger partial charge on any atom is 0.169 e. The zero-order chi connectivity index (χ0) is 5.11. The molecule has 1 unspecified atom stereocenters. The van der Waals surface area contributed by atoms with Crippen molar-refractivity contribution < 1.29 is 4.21 Å². The fraction of sp³-hybridized carbons (Fsp3) is 1.00. The molecule has 40 valence electrons. The highest BCUT2D eigenvalue weighted by atomic mass is 32.4. The lowest BCUT2D eigenvalue weighted by molar-refractivity contribution is 0.685. The molecule has 0 spiro atoms. The first kappa shape index (κ1) is 5.50. The van der Waals surface area contributed by atoms with E-state index < -0.39 is 10.2 Å². The van der Waals surface area contributed by atoms with Crippen LogP contribution in [0.1, 0.15) is 12.8 Å². The summed E-state index contributed by atoms with van der Waals surface area (Å²) in [4.78, 5) is 0. The summed E-state index contributed by atoms with van der Waals surface area (Å²) in [5, 5.41) is 0. The van der Waals surface area contributed by atoms with E-state index in [-0.39, 0.29) is 0 Å². The average molecular weight is 132 g/mol. The molecule has 0 N–H and O–H groups in total. The Hall–Kier alpha value is 0.367. The SMILES string of the molecule is O=S1CCCC[Si]1. The Morgan fingerprint density at radius 1 is 1.43 bits per heavy atom.